The zero-order valence-electron chi connectivity index (χ0n) is 18.7. The van der Waals surface area contributed by atoms with Crippen LogP contribution in [0.4, 0.5) is 23.7 Å². The molecule has 0 bridgehead atoms. The van der Waals surface area contributed by atoms with Gasteiger partial charge in [-0.05, 0) is 43.7 Å². The number of carboxylic acid groups (broad SMARTS) is 1. The number of halogens is 3. The molecule has 182 valence electrons. The van der Waals surface area contributed by atoms with Crippen LogP contribution in [0.3, 0.4) is 0 Å². The van der Waals surface area contributed by atoms with E-state index in [1.54, 1.807) is 0 Å². The third kappa shape index (κ3) is 4.03. The first-order chi connectivity index (χ1) is 16.8. The molecule has 35 heavy (non-hydrogen) atoms. The monoisotopic (exact) mass is 485 g/mol. The summed E-state index contributed by atoms with van der Waals surface area (Å²) in [5.74, 6) is -2.57. The average molecular weight is 485 g/mol. The first-order valence-corrected chi connectivity index (χ1v) is 11.1. The summed E-state index contributed by atoms with van der Waals surface area (Å²) in [6.45, 7) is 1.15. The average Bonchev–Trinajstić information content (AvgIpc) is 3.25. The second-order valence-corrected chi connectivity index (χ2v) is 8.77. The summed E-state index contributed by atoms with van der Waals surface area (Å²) in [5.41, 5.74) is -0.652. The van der Waals surface area contributed by atoms with Crippen LogP contribution < -0.4 is 20.4 Å². The van der Waals surface area contributed by atoms with Crippen molar-refractivity contribution in [3.63, 3.8) is 0 Å². The number of pyridine rings is 1. The summed E-state index contributed by atoms with van der Waals surface area (Å²) in [6.07, 6.45) is 4.39. The van der Waals surface area contributed by atoms with Crippen molar-refractivity contribution in [2.24, 2.45) is 11.8 Å². The highest BCUT2D eigenvalue weighted by atomic mass is 19.1. The maximum Gasteiger partial charge on any atom is 0.511 e. The van der Waals surface area contributed by atoms with E-state index in [1.807, 2.05) is 11.9 Å². The van der Waals surface area contributed by atoms with E-state index in [4.69, 9.17) is 5.11 Å². The van der Waals surface area contributed by atoms with Gasteiger partial charge in [-0.3, -0.25) is 4.79 Å². The number of hydrogen-bond acceptors (Lipinski definition) is 5. The van der Waals surface area contributed by atoms with Crippen molar-refractivity contribution in [3.8, 4) is 11.4 Å². The minimum absolute atomic E-state index is 0.130. The van der Waals surface area contributed by atoms with E-state index in [0.29, 0.717) is 19.2 Å². The molecule has 0 radical (unpaired) electrons. The molecular weight excluding hydrogens is 463 g/mol. The molecule has 1 saturated heterocycles. The largest absolute Gasteiger partial charge is 0.511 e. The number of anilines is 1. The number of carbonyl (C=O) groups is 1. The molecule has 2 heterocycles. The Morgan fingerprint density at radius 3 is 2.60 bits per heavy atom. The van der Waals surface area contributed by atoms with Gasteiger partial charge in [-0.25, -0.2) is 18.0 Å². The predicted molar refractivity (Wildman–Crippen MR) is 124 cm³/mol. The molecule has 10 heteroatoms. The molecule has 5 rings (SSSR count). The lowest BCUT2D eigenvalue weighted by atomic mass is 9.83. The maximum absolute atomic E-state index is 15.4. The Morgan fingerprint density at radius 1 is 1.11 bits per heavy atom. The lowest BCUT2D eigenvalue weighted by Crippen LogP contribution is -2.39. The van der Waals surface area contributed by atoms with Gasteiger partial charge in [0.2, 0.25) is 5.43 Å². The summed E-state index contributed by atoms with van der Waals surface area (Å²) in [6, 6.07) is 5.54. The Labute approximate surface area is 198 Å². The van der Waals surface area contributed by atoms with Crippen LogP contribution in [-0.4, -0.2) is 42.0 Å². The van der Waals surface area contributed by atoms with Crippen molar-refractivity contribution >= 4 is 22.7 Å². The van der Waals surface area contributed by atoms with E-state index in [2.05, 4.69) is 22.2 Å². The SMILES string of the molecule is CNC1CC=CC2CN(c3cc4c(cc3F)c(=O)c(OC(=O)O)cn4-c3ccc(F)cc3F)CC21. The Morgan fingerprint density at radius 2 is 1.89 bits per heavy atom. The number of nitrogens with zero attached hydrogens (tertiary/aromatic N) is 2. The molecule has 1 aliphatic heterocycles. The number of fused-ring (bicyclic) bond motifs is 2. The van der Waals surface area contributed by atoms with Gasteiger partial charge in [-0.1, -0.05) is 12.2 Å². The van der Waals surface area contributed by atoms with E-state index in [0.717, 1.165) is 30.8 Å². The van der Waals surface area contributed by atoms with Crippen LogP contribution in [0.25, 0.3) is 16.6 Å². The standard InChI is InChI=1S/C25H22F3N3O4/c1-29-19-4-2-3-13-10-30(11-16(13)19)22-9-21-15(8-18(22)28)24(32)23(35-25(33)34)12-31(21)20-6-5-14(26)7-17(20)27/h2-3,5-9,12-13,16,19,29H,4,10-11H2,1H3,(H,33,34). The molecule has 1 aromatic heterocycles. The molecule has 3 atom stereocenters. The Balaban J connectivity index is 1.69. The van der Waals surface area contributed by atoms with Gasteiger partial charge in [-0.15, -0.1) is 0 Å². The Bertz CT molecular complexity index is 1420. The molecule has 2 aliphatic rings. The van der Waals surface area contributed by atoms with Gasteiger partial charge in [0.1, 0.15) is 17.5 Å². The van der Waals surface area contributed by atoms with Gasteiger partial charge in [0, 0.05) is 31.1 Å². The first-order valence-electron chi connectivity index (χ1n) is 11.1. The van der Waals surface area contributed by atoms with E-state index in [-0.39, 0.29) is 40.2 Å². The van der Waals surface area contributed by atoms with Crippen LogP contribution >= 0.6 is 0 Å². The van der Waals surface area contributed by atoms with Crippen LogP contribution in [0.15, 0.2) is 53.5 Å². The molecule has 0 spiro atoms. The molecule has 2 aromatic carbocycles. The molecule has 2 N–H and O–H groups in total. The highest BCUT2D eigenvalue weighted by Crippen LogP contribution is 2.37. The third-order valence-corrected chi connectivity index (χ3v) is 6.82. The second kappa shape index (κ2) is 8.77. The number of rotatable bonds is 4. The van der Waals surface area contributed by atoms with Crippen LogP contribution in [0.5, 0.6) is 5.75 Å². The van der Waals surface area contributed by atoms with Gasteiger partial charge < -0.3 is 24.6 Å². The summed E-state index contributed by atoms with van der Waals surface area (Å²) in [5, 5.41) is 12.1. The molecule has 3 aromatic rings. The second-order valence-electron chi connectivity index (χ2n) is 8.77. The minimum atomic E-state index is -1.75. The number of aromatic nitrogens is 1. The van der Waals surface area contributed by atoms with Crippen molar-refractivity contribution in [3.05, 3.63) is 76.4 Å². The molecule has 0 saturated carbocycles. The summed E-state index contributed by atoms with van der Waals surface area (Å²) in [4.78, 5) is 25.9. The van der Waals surface area contributed by atoms with Crippen LogP contribution in [0, 0.1) is 29.3 Å². The van der Waals surface area contributed by atoms with Crippen molar-refractivity contribution in [1.29, 1.82) is 0 Å². The van der Waals surface area contributed by atoms with Crippen molar-refractivity contribution in [1.82, 2.24) is 9.88 Å². The smallest absolute Gasteiger partial charge is 0.449 e. The Hall–Kier alpha value is -3.79. The van der Waals surface area contributed by atoms with Crippen molar-refractivity contribution < 1.29 is 27.8 Å². The van der Waals surface area contributed by atoms with Crippen LogP contribution in [0.1, 0.15) is 6.42 Å². The zero-order chi connectivity index (χ0) is 24.9. The highest BCUT2D eigenvalue weighted by molar-refractivity contribution is 5.86. The number of nitrogens with one attached hydrogen (secondary N) is 1. The molecule has 1 aliphatic carbocycles. The fraction of sp³-hybridized carbons (Fsp3) is 0.280. The molecule has 3 unspecified atom stereocenters. The van der Waals surface area contributed by atoms with E-state index in [9.17, 15) is 18.4 Å². The quantitative estimate of drug-likeness (QED) is 0.428. The van der Waals surface area contributed by atoms with E-state index < -0.39 is 34.8 Å². The van der Waals surface area contributed by atoms with Gasteiger partial charge in [-0.2, -0.15) is 0 Å². The van der Waals surface area contributed by atoms with Crippen molar-refractivity contribution in [2.45, 2.75) is 12.5 Å². The van der Waals surface area contributed by atoms with Crippen molar-refractivity contribution in [2.75, 3.05) is 25.0 Å². The first kappa shape index (κ1) is 23.0. The maximum atomic E-state index is 15.4. The fourth-order valence-corrected chi connectivity index (χ4v) is 5.18. The minimum Gasteiger partial charge on any atom is -0.449 e. The summed E-state index contributed by atoms with van der Waals surface area (Å²) >= 11 is 0. The number of ether oxygens (including phenoxy) is 1. The van der Waals surface area contributed by atoms with Gasteiger partial charge in [0.15, 0.2) is 5.75 Å². The third-order valence-electron chi connectivity index (χ3n) is 6.82. The normalized spacial score (nSPS) is 21.4. The predicted octanol–water partition coefficient (Wildman–Crippen LogP) is 4.07. The number of benzene rings is 2. The lowest BCUT2D eigenvalue weighted by molar-refractivity contribution is 0.144. The van der Waals surface area contributed by atoms with Gasteiger partial charge in [0.25, 0.3) is 0 Å². The van der Waals surface area contributed by atoms with E-state index in [1.165, 1.54) is 10.6 Å². The lowest BCUT2D eigenvalue weighted by Gasteiger charge is -2.28. The fourth-order valence-electron chi connectivity index (χ4n) is 5.18. The molecule has 0 amide bonds. The topological polar surface area (TPSA) is 83.8 Å². The van der Waals surface area contributed by atoms with E-state index >= 15 is 4.39 Å². The van der Waals surface area contributed by atoms with Gasteiger partial charge in [0.05, 0.1) is 28.5 Å². The van der Waals surface area contributed by atoms with Crippen LogP contribution in [0.2, 0.25) is 0 Å². The summed E-state index contributed by atoms with van der Waals surface area (Å²) in [7, 11) is 1.90. The van der Waals surface area contributed by atoms with Crippen LogP contribution in [-0.2, 0) is 0 Å². The zero-order valence-corrected chi connectivity index (χ0v) is 18.7. The number of hydrogen-bond donors (Lipinski definition) is 2. The summed E-state index contributed by atoms with van der Waals surface area (Å²) < 4.78 is 49.4. The molecule has 7 nitrogen and oxygen atoms in total. The Kier molecular flexibility index (Phi) is 5.76. The highest BCUT2D eigenvalue weighted by Gasteiger charge is 2.38. The molecule has 1 fully saturated rings. The van der Waals surface area contributed by atoms with Gasteiger partial charge >= 0.3 is 6.16 Å². The molecular formula is C25H22F3N3O4.